The Hall–Kier alpha value is -3.58. The van der Waals surface area contributed by atoms with Crippen molar-refractivity contribution in [3.8, 4) is 0 Å². The van der Waals surface area contributed by atoms with E-state index in [9.17, 15) is 22.4 Å². The van der Waals surface area contributed by atoms with Gasteiger partial charge < -0.3 is 0 Å². The predicted molar refractivity (Wildman–Crippen MR) is 125 cm³/mol. The SMILES string of the molecule is CC(=O)C[C@H]1C(C=O)=C(c2ccc(F)cc2)N(S(=O)(=O)c2ccc(C)cc2)c2ccccc21. The molecule has 0 saturated carbocycles. The normalized spacial score (nSPS) is 15.8. The zero-order chi connectivity index (χ0) is 23.8. The summed E-state index contributed by atoms with van der Waals surface area (Å²) in [7, 11) is -4.16. The highest BCUT2D eigenvalue weighted by Crippen LogP contribution is 2.47. The summed E-state index contributed by atoms with van der Waals surface area (Å²) >= 11 is 0. The molecule has 1 aliphatic heterocycles. The number of benzene rings is 3. The molecular formula is C26H22FNO4S. The molecule has 1 aliphatic rings. The Labute approximate surface area is 192 Å². The number of ketones is 1. The number of allylic oxidation sites excluding steroid dienone is 1. The number of fused-ring (bicyclic) bond motifs is 1. The smallest absolute Gasteiger partial charge is 0.268 e. The van der Waals surface area contributed by atoms with Crippen molar-refractivity contribution in [3.05, 3.63) is 101 Å². The summed E-state index contributed by atoms with van der Waals surface area (Å²) in [6.07, 6.45) is 0.633. The van der Waals surface area contributed by atoms with Crippen LogP contribution in [0.4, 0.5) is 10.1 Å². The second-order valence-corrected chi connectivity index (χ2v) is 9.82. The fourth-order valence-electron chi connectivity index (χ4n) is 4.14. The van der Waals surface area contributed by atoms with Crippen LogP contribution in [0.25, 0.3) is 5.70 Å². The first-order chi connectivity index (χ1) is 15.7. The first-order valence-electron chi connectivity index (χ1n) is 10.4. The lowest BCUT2D eigenvalue weighted by molar-refractivity contribution is -0.117. The summed E-state index contributed by atoms with van der Waals surface area (Å²) in [5.41, 5.74) is 2.46. The Kier molecular flexibility index (Phi) is 5.99. The van der Waals surface area contributed by atoms with Gasteiger partial charge in [0.1, 0.15) is 17.9 Å². The third-order valence-corrected chi connectivity index (χ3v) is 7.41. The number of aryl methyl sites for hydroxylation is 1. The zero-order valence-corrected chi connectivity index (χ0v) is 19.0. The molecule has 4 rings (SSSR count). The number of rotatable bonds is 6. The van der Waals surface area contributed by atoms with E-state index in [4.69, 9.17) is 0 Å². The third-order valence-electron chi connectivity index (χ3n) is 5.68. The Morgan fingerprint density at radius 2 is 1.64 bits per heavy atom. The van der Waals surface area contributed by atoms with Gasteiger partial charge >= 0.3 is 0 Å². The first-order valence-corrected chi connectivity index (χ1v) is 11.8. The van der Waals surface area contributed by atoms with E-state index in [-0.39, 0.29) is 28.4 Å². The van der Waals surface area contributed by atoms with E-state index in [1.54, 1.807) is 36.4 Å². The molecule has 0 aromatic heterocycles. The monoisotopic (exact) mass is 463 g/mol. The number of halogens is 1. The maximum Gasteiger partial charge on any atom is 0.268 e. The molecule has 0 spiro atoms. The second-order valence-electron chi connectivity index (χ2n) is 8.03. The number of sulfonamides is 1. The molecular weight excluding hydrogens is 441 g/mol. The van der Waals surface area contributed by atoms with Crippen molar-refractivity contribution >= 4 is 33.5 Å². The number of Topliss-reactive ketones (excluding diaryl/α,β-unsaturated/α-hetero) is 1. The van der Waals surface area contributed by atoms with Crippen molar-refractivity contribution in [3.63, 3.8) is 0 Å². The molecule has 0 bridgehead atoms. The number of carbonyl (C=O) groups is 2. The van der Waals surface area contributed by atoms with Crippen molar-refractivity contribution in [2.24, 2.45) is 0 Å². The van der Waals surface area contributed by atoms with Gasteiger partial charge in [-0.15, -0.1) is 0 Å². The number of nitrogens with zero attached hydrogens (tertiary/aromatic N) is 1. The molecule has 1 atom stereocenters. The molecule has 0 saturated heterocycles. The van der Waals surface area contributed by atoms with Gasteiger partial charge in [0.25, 0.3) is 10.0 Å². The predicted octanol–water partition coefficient (Wildman–Crippen LogP) is 5.02. The Balaban J connectivity index is 2.07. The lowest BCUT2D eigenvalue weighted by Crippen LogP contribution is -2.35. The third kappa shape index (κ3) is 4.12. The summed E-state index contributed by atoms with van der Waals surface area (Å²) in [4.78, 5) is 24.5. The maximum absolute atomic E-state index is 13.9. The van der Waals surface area contributed by atoms with Crippen LogP contribution >= 0.6 is 0 Å². The van der Waals surface area contributed by atoms with Crippen LogP contribution in [-0.2, 0) is 19.6 Å². The second kappa shape index (κ2) is 8.75. The average molecular weight is 464 g/mol. The highest BCUT2D eigenvalue weighted by molar-refractivity contribution is 7.93. The first kappa shape index (κ1) is 22.6. The molecule has 0 aliphatic carbocycles. The molecule has 3 aromatic carbocycles. The molecule has 0 unspecified atom stereocenters. The van der Waals surface area contributed by atoms with Crippen LogP contribution in [0.15, 0.2) is 83.3 Å². The van der Waals surface area contributed by atoms with Crippen LogP contribution in [0.3, 0.4) is 0 Å². The summed E-state index contributed by atoms with van der Waals surface area (Å²) in [5, 5.41) is 0. The van der Waals surface area contributed by atoms with Crippen molar-refractivity contribution in [1.82, 2.24) is 0 Å². The summed E-state index contributed by atoms with van der Waals surface area (Å²) < 4.78 is 42.7. The Morgan fingerprint density at radius 3 is 2.24 bits per heavy atom. The standard InChI is InChI=1S/C26H22FNO4S/c1-17-7-13-21(14-8-17)33(31,32)28-25-6-4-3-5-22(25)23(15-18(2)30)24(16-29)26(28)19-9-11-20(27)12-10-19/h3-14,16,23H,15H2,1-2H3/t23-/m1/s1. The van der Waals surface area contributed by atoms with Gasteiger partial charge in [0.2, 0.25) is 0 Å². The van der Waals surface area contributed by atoms with E-state index in [0.717, 1.165) is 9.87 Å². The molecule has 168 valence electrons. The van der Waals surface area contributed by atoms with Gasteiger partial charge in [-0.1, -0.05) is 35.9 Å². The van der Waals surface area contributed by atoms with Gasteiger partial charge in [0.15, 0.2) is 0 Å². The molecule has 33 heavy (non-hydrogen) atoms. The summed E-state index contributed by atoms with van der Waals surface area (Å²) in [6, 6.07) is 18.5. The van der Waals surface area contributed by atoms with Gasteiger partial charge in [-0.05, 0) is 67.4 Å². The van der Waals surface area contributed by atoms with E-state index in [2.05, 4.69) is 0 Å². The van der Waals surface area contributed by atoms with Gasteiger partial charge in [-0.25, -0.2) is 17.1 Å². The topological polar surface area (TPSA) is 71.5 Å². The molecule has 7 heteroatoms. The highest BCUT2D eigenvalue weighted by Gasteiger charge is 2.40. The summed E-state index contributed by atoms with van der Waals surface area (Å²) in [5.74, 6) is -1.25. The van der Waals surface area contributed by atoms with Gasteiger partial charge in [0.05, 0.1) is 16.3 Å². The minimum absolute atomic E-state index is 0.0359. The number of hydrogen-bond acceptors (Lipinski definition) is 4. The fourth-order valence-corrected chi connectivity index (χ4v) is 5.71. The van der Waals surface area contributed by atoms with Gasteiger partial charge in [-0.2, -0.15) is 0 Å². The van der Waals surface area contributed by atoms with Crippen LogP contribution in [0.2, 0.25) is 0 Å². The number of hydrogen-bond donors (Lipinski definition) is 0. The van der Waals surface area contributed by atoms with E-state index in [1.807, 2.05) is 6.92 Å². The molecule has 0 radical (unpaired) electrons. The van der Waals surface area contributed by atoms with Crippen LogP contribution in [-0.4, -0.2) is 20.5 Å². The van der Waals surface area contributed by atoms with Crippen molar-refractivity contribution in [1.29, 1.82) is 0 Å². The maximum atomic E-state index is 13.9. The number of anilines is 1. The van der Waals surface area contributed by atoms with E-state index in [0.29, 0.717) is 23.1 Å². The zero-order valence-electron chi connectivity index (χ0n) is 18.2. The van der Waals surface area contributed by atoms with Gasteiger partial charge in [-0.3, -0.25) is 9.59 Å². The lowest BCUT2D eigenvalue weighted by Gasteiger charge is -2.37. The number of aldehydes is 1. The minimum atomic E-state index is -4.16. The Morgan fingerprint density at radius 1 is 1.00 bits per heavy atom. The lowest BCUT2D eigenvalue weighted by atomic mass is 9.81. The van der Waals surface area contributed by atoms with Crippen LogP contribution < -0.4 is 4.31 Å². The van der Waals surface area contributed by atoms with E-state index in [1.165, 1.54) is 43.3 Å². The quantitative estimate of drug-likeness (QED) is 0.482. The average Bonchev–Trinajstić information content (AvgIpc) is 2.79. The van der Waals surface area contributed by atoms with E-state index >= 15 is 0 Å². The number of para-hydroxylation sites is 1. The van der Waals surface area contributed by atoms with Crippen molar-refractivity contribution in [2.75, 3.05) is 4.31 Å². The molecule has 1 heterocycles. The minimum Gasteiger partial charge on any atom is -0.300 e. The van der Waals surface area contributed by atoms with E-state index < -0.39 is 21.8 Å². The Bertz CT molecular complexity index is 1360. The number of carbonyl (C=O) groups excluding carboxylic acids is 2. The van der Waals surface area contributed by atoms with Crippen molar-refractivity contribution in [2.45, 2.75) is 31.1 Å². The van der Waals surface area contributed by atoms with Crippen LogP contribution in [0.1, 0.15) is 36.0 Å². The fraction of sp³-hybridized carbons (Fsp3) is 0.154. The molecule has 0 N–H and O–H groups in total. The molecule has 3 aromatic rings. The largest absolute Gasteiger partial charge is 0.300 e. The molecule has 5 nitrogen and oxygen atoms in total. The van der Waals surface area contributed by atoms with Crippen LogP contribution in [0.5, 0.6) is 0 Å². The van der Waals surface area contributed by atoms with Crippen molar-refractivity contribution < 1.29 is 22.4 Å². The van der Waals surface area contributed by atoms with Crippen LogP contribution in [0, 0.1) is 12.7 Å². The summed E-state index contributed by atoms with van der Waals surface area (Å²) in [6.45, 7) is 3.28. The molecule has 0 amide bonds. The van der Waals surface area contributed by atoms with Gasteiger partial charge in [0, 0.05) is 17.9 Å². The molecule has 0 fully saturated rings. The highest BCUT2D eigenvalue weighted by atomic mass is 32.2.